The van der Waals surface area contributed by atoms with Gasteiger partial charge in [0, 0.05) is 12.1 Å². The molecule has 2 amide bonds. The van der Waals surface area contributed by atoms with Crippen LogP contribution < -0.4 is 19.5 Å². The number of amides is 2. The summed E-state index contributed by atoms with van der Waals surface area (Å²) < 4.78 is 16.2. The maximum atomic E-state index is 12.5. The summed E-state index contributed by atoms with van der Waals surface area (Å²) in [6, 6.07) is 10.3. The number of likely N-dealkylation sites (N-methyl/N-ethyl adjacent to an activating group) is 1. The zero-order valence-electron chi connectivity index (χ0n) is 15.7. The molecule has 0 fully saturated rings. The largest absolute Gasteiger partial charge is 0.495 e. The molecule has 0 saturated heterocycles. The average molecular weight is 405 g/mol. The number of carbonyl (C=O) groups is 2. The Morgan fingerprint density at radius 1 is 1.14 bits per heavy atom. The molecule has 0 aliphatic carbocycles. The molecule has 0 radical (unpaired) electrons. The van der Waals surface area contributed by atoms with Crippen LogP contribution in [0, 0.1) is 0 Å². The van der Waals surface area contributed by atoms with E-state index in [9.17, 15) is 9.59 Å². The second kappa shape index (κ2) is 8.84. The summed E-state index contributed by atoms with van der Waals surface area (Å²) in [5.74, 6) is 1.25. The molecule has 1 N–H and O–H groups in total. The van der Waals surface area contributed by atoms with E-state index in [1.807, 2.05) is 6.07 Å². The normalized spacial score (nSPS) is 12.2. The molecule has 0 aromatic heterocycles. The van der Waals surface area contributed by atoms with Gasteiger partial charge < -0.3 is 24.4 Å². The van der Waals surface area contributed by atoms with Crippen molar-refractivity contribution in [3.05, 3.63) is 47.0 Å². The first kappa shape index (κ1) is 19.8. The monoisotopic (exact) mass is 404 g/mol. The van der Waals surface area contributed by atoms with Gasteiger partial charge in [-0.2, -0.15) is 0 Å². The van der Waals surface area contributed by atoms with Crippen molar-refractivity contribution in [2.24, 2.45) is 0 Å². The summed E-state index contributed by atoms with van der Waals surface area (Å²) >= 11 is 5.96. The number of fused-ring (bicyclic) bond motifs is 1. The summed E-state index contributed by atoms with van der Waals surface area (Å²) in [5, 5.41) is 3.19. The maximum Gasteiger partial charge on any atom is 0.244 e. The van der Waals surface area contributed by atoms with Crippen LogP contribution in [0.2, 0.25) is 5.02 Å². The lowest BCUT2D eigenvalue weighted by Crippen LogP contribution is -2.35. The fourth-order valence-corrected chi connectivity index (χ4v) is 2.95. The van der Waals surface area contributed by atoms with Crippen molar-refractivity contribution < 1.29 is 23.8 Å². The third-order valence-corrected chi connectivity index (χ3v) is 4.44. The SMILES string of the molecule is COc1ccc(Cl)cc1NC(=O)CN(C)C(=O)Cc1ccc2c(c1)OCCO2. The van der Waals surface area contributed by atoms with Crippen molar-refractivity contribution >= 4 is 29.1 Å². The van der Waals surface area contributed by atoms with E-state index in [2.05, 4.69) is 5.32 Å². The van der Waals surface area contributed by atoms with Crippen LogP contribution in [0.15, 0.2) is 36.4 Å². The van der Waals surface area contributed by atoms with Gasteiger partial charge in [0.15, 0.2) is 11.5 Å². The number of nitrogens with one attached hydrogen (secondary N) is 1. The lowest BCUT2D eigenvalue weighted by Gasteiger charge is -2.20. The Hall–Kier alpha value is -2.93. The predicted octanol–water partition coefficient (Wildman–Crippen LogP) is 2.76. The van der Waals surface area contributed by atoms with Crippen molar-refractivity contribution in [3.8, 4) is 17.2 Å². The Morgan fingerprint density at radius 2 is 1.89 bits per heavy atom. The number of hydrogen-bond donors (Lipinski definition) is 1. The first-order valence-corrected chi connectivity index (χ1v) is 9.10. The second-order valence-corrected chi connectivity index (χ2v) is 6.73. The molecule has 1 heterocycles. The summed E-state index contributed by atoms with van der Waals surface area (Å²) in [6.45, 7) is 0.900. The molecule has 0 bridgehead atoms. The highest BCUT2D eigenvalue weighted by molar-refractivity contribution is 6.31. The van der Waals surface area contributed by atoms with Gasteiger partial charge in [-0.3, -0.25) is 9.59 Å². The Labute approximate surface area is 168 Å². The van der Waals surface area contributed by atoms with Crippen LogP contribution in [0.25, 0.3) is 0 Å². The maximum absolute atomic E-state index is 12.5. The third kappa shape index (κ3) is 4.86. The van der Waals surface area contributed by atoms with Crippen LogP contribution in [0.4, 0.5) is 5.69 Å². The van der Waals surface area contributed by atoms with Crippen molar-refractivity contribution in [2.75, 3.05) is 39.2 Å². The number of anilines is 1. The summed E-state index contributed by atoms with van der Waals surface area (Å²) in [5.41, 5.74) is 1.24. The van der Waals surface area contributed by atoms with Crippen molar-refractivity contribution in [1.29, 1.82) is 0 Å². The van der Waals surface area contributed by atoms with Crippen LogP contribution in [-0.4, -0.2) is 50.6 Å². The summed E-state index contributed by atoms with van der Waals surface area (Å²) in [6.07, 6.45) is 0.154. The number of ether oxygens (including phenoxy) is 3. The summed E-state index contributed by atoms with van der Waals surface area (Å²) in [4.78, 5) is 26.1. The number of methoxy groups -OCH3 is 1. The Kier molecular flexibility index (Phi) is 6.26. The number of benzene rings is 2. The van der Waals surface area contributed by atoms with Gasteiger partial charge in [-0.05, 0) is 35.9 Å². The van der Waals surface area contributed by atoms with Crippen molar-refractivity contribution in [3.63, 3.8) is 0 Å². The number of carbonyl (C=O) groups excluding carboxylic acids is 2. The standard InChI is InChI=1S/C20H21ClN2O5/c1-23(12-19(24)22-15-11-14(21)4-6-16(15)26-2)20(25)10-13-3-5-17-18(9-13)28-8-7-27-17/h3-6,9,11H,7-8,10,12H2,1-2H3,(H,22,24). The Bertz CT molecular complexity index is 887. The van der Waals surface area contributed by atoms with Crippen molar-refractivity contribution in [1.82, 2.24) is 4.90 Å². The van der Waals surface area contributed by atoms with Gasteiger partial charge in [0.2, 0.25) is 11.8 Å². The van der Waals surface area contributed by atoms with Crippen LogP contribution in [0.3, 0.4) is 0 Å². The Morgan fingerprint density at radius 3 is 2.64 bits per heavy atom. The van der Waals surface area contributed by atoms with Gasteiger partial charge in [-0.1, -0.05) is 17.7 Å². The zero-order chi connectivity index (χ0) is 20.1. The summed E-state index contributed by atoms with van der Waals surface area (Å²) in [7, 11) is 3.08. The molecule has 3 rings (SSSR count). The molecule has 7 nitrogen and oxygen atoms in total. The first-order chi connectivity index (χ1) is 13.5. The van der Waals surface area contributed by atoms with E-state index in [0.29, 0.717) is 41.2 Å². The van der Waals surface area contributed by atoms with Gasteiger partial charge in [0.25, 0.3) is 0 Å². The Balaban J connectivity index is 1.58. The van der Waals surface area contributed by atoms with Crippen LogP contribution in [0.5, 0.6) is 17.2 Å². The topological polar surface area (TPSA) is 77.1 Å². The molecular weight excluding hydrogens is 384 g/mol. The number of rotatable bonds is 6. The second-order valence-electron chi connectivity index (χ2n) is 6.30. The number of nitrogens with zero attached hydrogens (tertiary/aromatic N) is 1. The van der Waals surface area contributed by atoms with Crippen LogP contribution in [0.1, 0.15) is 5.56 Å². The van der Waals surface area contributed by atoms with E-state index in [1.54, 1.807) is 37.4 Å². The fraction of sp³-hybridized carbons (Fsp3) is 0.300. The van der Waals surface area contributed by atoms with E-state index in [4.69, 9.17) is 25.8 Å². The molecule has 8 heteroatoms. The minimum absolute atomic E-state index is 0.0982. The first-order valence-electron chi connectivity index (χ1n) is 8.72. The minimum Gasteiger partial charge on any atom is -0.495 e. The quantitative estimate of drug-likeness (QED) is 0.801. The highest BCUT2D eigenvalue weighted by Gasteiger charge is 2.17. The van der Waals surface area contributed by atoms with E-state index in [1.165, 1.54) is 12.0 Å². The van der Waals surface area contributed by atoms with E-state index in [0.717, 1.165) is 5.56 Å². The third-order valence-electron chi connectivity index (χ3n) is 4.20. The van der Waals surface area contributed by atoms with Gasteiger partial charge in [0.05, 0.1) is 25.8 Å². The van der Waals surface area contributed by atoms with E-state index >= 15 is 0 Å². The van der Waals surface area contributed by atoms with Gasteiger partial charge in [-0.25, -0.2) is 0 Å². The highest BCUT2D eigenvalue weighted by Crippen LogP contribution is 2.31. The molecule has 0 atom stereocenters. The van der Waals surface area contributed by atoms with E-state index < -0.39 is 0 Å². The van der Waals surface area contributed by atoms with Gasteiger partial charge >= 0.3 is 0 Å². The molecule has 0 saturated carbocycles. The van der Waals surface area contributed by atoms with Crippen LogP contribution >= 0.6 is 11.6 Å². The van der Waals surface area contributed by atoms with Gasteiger partial charge in [0.1, 0.15) is 19.0 Å². The van der Waals surface area contributed by atoms with Crippen molar-refractivity contribution in [2.45, 2.75) is 6.42 Å². The molecule has 1 aliphatic heterocycles. The average Bonchev–Trinajstić information content (AvgIpc) is 2.68. The molecule has 1 aliphatic rings. The van der Waals surface area contributed by atoms with Gasteiger partial charge in [-0.15, -0.1) is 0 Å². The van der Waals surface area contributed by atoms with Crippen LogP contribution in [-0.2, 0) is 16.0 Å². The lowest BCUT2D eigenvalue weighted by molar-refractivity contribution is -0.132. The molecule has 0 unspecified atom stereocenters. The molecule has 0 spiro atoms. The predicted molar refractivity (Wildman–Crippen MR) is 105 cm³/mol. The molecule has 148 valence electrons. The number of hydrogen-bond acceptors (Lipinski definition) is 5. The fourth-order valence-electron chi connectivity index (χ4n) is 2.78. The van der Waals surface area contributed by atoms with E-state index in [-0.39, 0.29) is 24.8 Å². The smallest absolute Gasteiger partial charge is 0.244 e. The molecule has 28 heavy (non-hydrogen) atoms. The highest BCUT2D eigenvalue weighted by atomic mass is 35.5. The number of halogens is 1. The zero-order valence-corrected chi connectivity index (χ0v) is 16.4. The minimum atomic E-state index is -0.349. The lowest BCUT2D eigenvalue weighted by atomic mass is 10.1. The molecular formula is C20H21ClN2O5. The molecule has 2 aromatic rings. The molecule has 2 aromatic carbocycles.